The predicted octanol–water partition coefficient (Wildman–Crippen LogP) is 5.66. The SMILES string of the molecule is CC(C)C(=O)Oc1cc(Cl)cc(C=Nc2cc(Cl)cc(Cl)c2)c1O. The van der Waals surface area contributed by atoms with Crippen molar-refractivity contribution >= 4 is 52.7 Å². The van der Waals surface area contributed by atoms with Crippen LogP contribution in [-0.4, -0.2) is 17.3 Å². The van der Waals surface area contributed by atoms with Crippen molar-refractivity contribution < 1.29 is 14.6 Å². The summed E-state index contributed by atoms with van der Waals surface area (Å²) in [5.74, 6) is -1.07. The van der Waals surface area contributed by atoms with E-state index in [9.17, 15) is 9.90 Å². The Balaban J connectivity index is 2.34. The van der Waals surface area contributed by atoms with Crippen molar-refractivity contribution in [2.75, 3.05) is 0 Å². The van der Waals surface area contributed by atoms with E-state index in [0.717, 1.165) is 0 Å². The third-order valence-corrected chi connectivity index (χ3v) is 3.61. The van der Waals surface area contributed by atoms with Gasteiger partial charge in [0.15, 0.2) is 11.5 Å². The summed E-state index contributed by atoms with van der Waals surface area (Å²) in [4.78, 5) is 15.9. The molecule has 0 unspecified atom stereocenters. The van der Waals surface area contributed by atoms with E-state index in [4.69, 9.17) is 39.5 Å². The average molecular weight is 387 g/mol. The first-order valence-corrected chi connectivity index (χ1v) is 8.14. The Morgan fingerprint density at radius 3 is 2.25 bits per heavy atom. The molecule has 0 radical (unpaired) electrons. The van der Waals surface area contributed by atoms with Crippen molar-refractivity contribution in [3.63, 3.8) is 0 Å². The highest BCUT2D eigenvalue weighted by atomic mass is 35.5. The van der Waals surface area contributed by atoms with Crippen molar-refractivity contribution in [3.05, 3.63) is 51.0 Å². The van der Waals surface area contributed by atoms with Crippen LogP contribution in [0.5, 0.6) is 11.5 Å². The Morgan fingerprint density at radius 2 is 1.67 bits per heavy atom. The second kappa shape index (κ2) is 7.88. The molecule has 0 aliphatic carbocycles. The summed E-state index contributed by atoms with van der Waals surface area (Å²) in [6.07, 6.45) is 1.38. The molecule has 0 aliphatic rings. The van der Waals surface area contributed by atoms with E-state index in [1.807, 2.05) is 0 Å². The molecule has 0 spiro atoms. The van der Waals surface area contributed by atoms with Crippen LogP contribution in [-0.2, 0) is 4.79 Å². The molecule has 4 nitrogen and oxygen atoms in total. The number of phenols is 1. The molecule has 0 atom stereocenters. The van der Waals surface area contributed by atoms with Crippen LogP contribution in [0.3, 0.4) is 0 Å². The lowest BCUT2D eigenvalue weighted by Gasteiger charge is -2.10. The number of hydrogen-bond acceptors (Lipinski definition) is 4. The zero-order valence-electron chi connectivity index (χ0n) is 12.9. The predicted molar refractivity (Wildman–Crippen MR) is 97.3 cm³/mol. The van der Waals surface area contributed by atoms with E-state index in [-0.39, 0.29) is 17.4 Å². The van der Waals surface area contributed by atoms with Gasteiger partial charge in [0.2, 0.25) is 0 Å². The molecule has 24 heavy (non-hydrogen) atoms. The molecule has 0 bridgehead atoms. The third kappa shape index (κ3) is 4.87. The number of esters is 1. The summed E-state index contributed by atoms with van der Waals surface area (Å²) in [6.45, 7) is 3.38. The number of aliphatic imine (C=N–C) groups is 1. The Kier molecular flexibility index (Phi) is 6.10. The maximum atomic E-state index is 11.7. The molecule has 2 aromatic rings. The van der Waals surface area contributed by atoms with Crippen LogP contribution in [0.2, 0.25) is 15.1 Å². The van der Waals surface area contributed by atoms with Crippen LogP contribution < -0.4 is 4.74 Å². The molecule has 0 aromatic heterocycles. The van der Waals surface area contributed by atoms with E-state index in [1.165, 1.54) is 18.3 Å². The van der Waals surface area contributed by atoms with E-state index >= 15 is 0 Å². The summed E-state index contributed by atoms with van der Waals surface area (Å²) in [5, 5.41) is 11.4. The van der Waals surface area contributed by atoms with Gasteiger partial charge in [0.1, 0.15) is 0 Å². The van der Waals surface area contributed by atoms with Gasteiger partial charge < -0.3 is 9.84 Å². The van der Waals surface area contributed by atoms with Gasteiger partial charge in [-0.25, -0.2) is 0 Å². The molecular weight excluding hydrogens is 373 g/mol. The monoisotopic (exact) mass is 385 g/mol. The number of phenolic OH excluding ortho intramolecular Hbond substituents is 1. The zero-order chi connectivity index (χ0) is 17.9. The number of aromatic hydroxyl groups is 1. The lowest BCUT2D eigenvalue weighted by molar-refractivity contribution is -0.137. The molecule has 2 rings (SSSR count). The van der Waals surface area contributed by atoms with Crippen LogP contribution in [0, 0.1) is 5.92 Å². The van der Waals surface area contributed by atoms with E-state index < -0.39 is 5.97 Å². The summed E-state index contributed by atoms with van der Waals surface area (Å²) >= 11 is 17.8. The first-order chi connectivity index (χ1) is 11.3. The topological polar surface area (TPSA) is 58.9 Å². The van der Waals surface area contributed by atoms with Gasteiger partial charge in [-0.1, -0.05) is 48.7 Å². The molecule has 0 saturated carbocycles. The molecule has 1 N–H and O–H groups in total. The highest BCUT2D eigenvalue weighted by Crippen LogP contribution is 2.34. The van der Waals surface area contributed by atoms with Crippen LogP contribution in [0.4, 0.5) is 5.69 Å². The molecule has 7 heteroatoms. The van der Waals surface area contributed by atoms with Gasteiger partial charge in [-0.15, -0.1) is 0 Å². The molecular formula is C17H14Cl3NO3. The molecule has 0 saturated heterocycles. The highest BCUT2D eigenvalue weighted by molar-refractivity contribution is 6.35. The van der Waals surface area contributed by atoms with Crippen LogP contribution in [0.1, 0.15) is 19.4 Å². The lowest BCUT2D eigenvalue weighted by atomic mass is 10.2. The van der Waals surface area contributed by atoms with E-state index in [1.54, 1.807) is 32.0 Å². The maximum Gasteiger partial charge on any atom is 0.313 e. The van der Waals surface area contributed by atoms with Crippen LogP contribution in [0.25, 0.3) is 0 Å². The maximum absolute atomic E-state index is 11.7. The fraction of sp³-hybridized carbons (Fsp3) is 0.176. The quantitative estimate of drug-likeness (QED) is 0.419. The molecule has 0 heterocycles. The normalized spacial score (nSPS) is 11.2. The Morgan fingerprint density at radius 1 is 1.08 bits per heavy atom. The van der Waals surface area contributed by atoms with Gasteiger partial charge >= 0.3 is 5.97 Å². The first kappa shape index (κ1) is 18.6. The smallest absolute Gasteiger partial charge is 0.313 e. The third-order valence-electron chi connectivity index (χ3n) is 2.95. The molecule has 0 amide bonds. The number of carbonyl (C=O) groups is 1. The second-order valence-electron chi connectivity index (χ2n) is 5.30. The van der Waals surface area contributed by atoms with Crippen LogP contribution in [0.15, 0.2) is 35.3 Å². The lowest BCUT2D eigenvalue weighted by Crippen LogP contribution is -2.15. The molecule has 126 valence electrons. The van der Waals surface area contributed by atoms with Gasteiger partial charge in [-0.3, -0.25) is 9.79 Å². The molecule has 2 aromatic carbocycles. The highest BCUT2D eigenvalue weighted by Gasteiger charge is 2.15. The molecule has 0 aliphatic heterocycles. The molecule has 0 fully saturated rings. The Bertz CT molecular complexity index is 784. The fourth-order valence-corrected chi connectivity index (χ4v) is 2.49. The number of halogens is 3. The van der Waals surface area contributed by atoms with Crippen molar-refractivity contribution in [3.8, 4) is 11.5 Å². The average Bonchev–Trinajstić information content (AvgIpc) is 2.48. The summed E-state index contributed by atoms with van der Waals surface area (Å²) < 4.78 is 5.14. The number of benzene rings is 2. The minimum Gasteiger partial charge on any atom is -0.504 e. The van der Waals surface area contributed by atoms with E-state index in [0.29, 0.717) is 26.3 Å². The Hall–Kier alpha value is -1.75. The van der Waals surface area contributed by atoms with Gasteiger partial charge in [0, 0.05) is 32.9 Å². The summed E-state index contributed by atoms with van der Waals surface area (Å²) in [5.41, 5.74) is 0.803. The number of carbonyl (C=O) groups excluding carboxylic acids is 1. The minimum atomic E-state index is -0.475. The minimum absolute atomic E-state index is 0.0215. The van der Waals surface area contributed by atoms with Crippen molar-refractivity contribution in [1.82, 2.24) is 0 Å². The van der Waals surface area contributed by atoms with E-state index in [2.05, 4.69) is 4.99 Å². The number of ether oxygens (including phenoxy) is 1. The first-order valence-electron chi connectivity index (χ1n) is 7.00. The standard InChI is InChI=1S/C17H14Cl3NO3/c1-9(2)17(23)24-15-7-11(18)3-10(16(15)22)8-21-14-5-12(19)4-13(20)6-14/h3-9,22H,1-2H3. The Labute approximate surface area is 154 Å². The fourth-order valence-electron chi connectivity index (χ4n) is 1.75. The zero-order valence-corrected chi connectivity index (χ0v) is 15.2. The summed E-state index contributed by atoms with van der Waals surface area (Å²) in [7, 11) is 0. The van der Waals surface area contributed by atoms with Crippen molar-refractivity contribution in [1.29, 1.82) is 0 Å². The van der Waals surface area contributed by atoms with Gasteiger partial charge in [0.25, 0.3) is 0 Å². The van der Waals surface area contributed by atoms with Crippen LogP contribution >= 0.6 is 34.8 Å². The second-order valence-corrected chi connectivity index (χ2v) is 6.61. The largest absolute Gasteiger partial charge is 0.504 e. The van der Waals surface area contributed by atoms with Gasteiger partial charge in [-0.2, -0.15) is 0 Å². The summed E-state index contributed by atoms with van der Waals surface area (Å²) in [6, 6.07) is 7.68. The van der Waals surface area contributed by atoms with Crippen molar-refractivity contribution in [2.45, 2.75) is 13.8 Å². The van der Waals surface area contributed by atoms with Crippen molar-refractivity contribution in [2.24, 2.45) is 10.9 Å². The van der Waals surface area contributed by atoms with Gasteiger partial charge in [0.05, 0.1) is 11.6 Å². The number of hydrogen-bond donors (Lipinski definition) is 1. The number of nitrogens with zero attached hydrogens (tertiary/aromatic N) is 1. The number of rotatable bonds is 4. The van der Waals surface area contributed by atoms with Gasteiger partial charge in [-0.05, 0) is 24.3 Å².